The summed E-state index contributed by atoms with van der Waals surface area (Å²) in [6.07, 6.45) is 6.95. The number of thioether (sulfide) groups is 1. The molecule has 3 rings (SSSR count). The number of aromatic nitrogens is 1. The molecule has 1 aromatic heterocycles. The van der Waals surface area contributed by atoms with Crippen LogP contribution in [0.15, 0.2) is 47.6 Å². The van der Waals surface area contributed by atoms with E-state index in [0.29, 0.717) is 22.8 Å². The highest BCUT2D eigenvalue weighted by Gasteiger charge is 2.40. The molecule has 1 atom stereocenters. The van der Waals surface area contributed by atoms with E-state index in [1.54, 1.807) is 18.5 Å². The first-order chi connectivity index (χ1) is 13.9. The van der Waals surface area contributed by atoms with Gasteiger partial charge >= 0.3 is 5.97 Å². The maximum Gasteiger partial charge on any atom is 0.326 e. The average molecular weight is 447 g/mol. The monoisotopic (exact) mass is 446 g/mol. The molecule has 1 saturated heterocycles. The van der Waals surface area contributed by atoms with Gasteiger partial charge in [0.15, 0.2) is 0 Å². The number of carboxylic acid groups (broad SMARTS) is 1. The zero-order valence-electron chi connectivity index (χ0n) is 15.7. The number of amides is 1. The van der Waals surface area contributed by atoms with Crippen LogP contribution in [-0.2, 0) is 9.59 Å². The van der Waals surface area contributed by atoms with E-state index in [1.807, 2.05) is 37.3 Å². The minimum atomic E-state index is -1.03. The lowest BCUT2D eigenvalue weighted by atomic mass is 10.0. The number of halogens is 1. The molecular formula is C21H19ClN2O3S2. The van der Waals surface area contributed by atoms with Crippen molar-refractivity contribution in [1.29, 1.82) is 0 Å². The Morgan fingerprint density at radius 3 is 2.69 bits per heavy atom. The molecule has 0 spiro atoms. The lowest BCUT2D eigenvalue weighted by Gasteiger charge is -2.22. The van der Waals surface area contributed by atoms with E-state index < -0.39 is 12.0 Å². The number of carbonyl (C=O) groups is 2. The molecule has 8 heteroatoms. The summed E-state index contributed by atoms with van der Waals surface area (Å²) in [6.45, 7) is 1.98. The molecule has 1 aliphatic heterocycles. The fourth-order valence-corrected chi connectivity index (χ4v) is 4.61. The van der Waals surface area contributed by atoms with Gasteiger partial charge in [0, 0.05) is 18.0 Å². The van der Waals surface area contributed by atoms with E-state index in [-0.39, 0.29) is 10.2 Å². The molecule has 0 saturated carbocycles. The van der Waals surface area contributed by atoms with Crippen LogP contribution in [0.5, 0.6) is 0 Å². The topological polar surface area (TPSA) is 70.5 Å². The molecule has 29 heavy (non-hydrogen) atoms. The molecule has 1 aliphatic rings. The molecule has 0 aliphatic carbocycles. The molecule has 0 unspecified atom stereocenters. The number of carbonyl (C=O) groups excluding carboxylic acids is 1. The Balaban J connectivity index is 1.82. The Kier molecular flexibility index (Phi) is 7.05. The van der Waals surface area contributed by atoms with Gasteiger partial charge in [0.1, 0.15) is 10.4 Å². The Morgan fingerprint density at radius 2 is 2.07 bits per heavy atom. The Bertz CT molecular complexity index is 976. The van der Waals surface area contributed by atoms with E-state index >= 15 is 0 Å². The van der Waals surface area contributed by atoms with Crippen molar-refractivity contribution in [3.05, 3.63) is 58.2 Å². The molecule has 0 bridgehead atoms. The second kappa shape index (κ2) is 9.52. The smallest absolute Gasteiger partial charge is 0.326 e. The van der Waals surface area contributed by atoms with Gasteiger partial charge in [0.05, 0.1) is 9.93 Å². The van der Waals surface area contributed by atoms with Gasteiger partial charge < -0.3 is 5.11 Å². The third-order valence-electron chi connectivity index (χ3n) is 4.54. The van der Waals surface area contributed by atoms with Gasteiger partial charge in [0.2, 0.25) is 0 Å². The van der Waals surface area contributed by atoms with Crippen molar-refractivity contribution in [3.8, 4) is 11.1 Å². The summed E-state index contributed by atoms with van der Waals surface area (Å²) in [4.78, 5) is 30.1. The fourth-order valence-electron chi connectivity index (χ4n) is 3.03. The van der Waals surface area contributed by atoms with Crippen LogP contribution in [0.4, 0.5) is 0 Å². The Morgan fingerprint density at radius 1 is 1.34 bits per heavy atom. The Hall–Kier alpha value is -2.22. The molecule has 150 valence electrons. The van der Waals surface area contributed by atoms with Crippen molar-refractivity contribution in [2.75, 3.05) is 0 Å². The minimum absolute atomic E-state index is 0.282. The lowest BCUT2D eigenvalue weighted by molar-refractivity contribution is -0.145. The highest BCUT2D eigenvalue weighted by Crippen LogP contribution is 2.35. The van der Waals surface area contributed by atoms with Gasteiger partial charge in [-0.1, -0.05) is 79.6 Å². The Labute approximate surface area is 183 Å². The van der Waals surface area contributed by atoms with Crippen molar-refractivity contribution in [2.45, 2.75) is 32.2 Å². The van der Waals surface area contributed by atoms with Gasteiger partial charge in [-0.05, 0) is 29.7 Å². The highest BCUT2D eigenvalue weighted by atomic mass is 35.5. The number of carboxylic acids is 1. The van der Waals surface area contributed by atoms with Crippen LogP contribution in [0, 0.1) is 0 Å². The van der Waals surface area contributed by atoms with Crippen LogP contribution in [0.1, 0.15) is 31.7 Å². The van der Waals surface area contributed by atoms with E-state index in [2.05, 4.69) is 4.98 Å². The zero-order chi connectivity index (χ0) is 21.0. The quantitative estimate of drug-likeness (QED) is 0.463. The molecule has 2 heterocycles. The average Bonchev–Trinajstić information content (AvgIpc) is 2.97. The van der Waals surface area contributed by atoms with Crippen molar-refractivity contribution in [2.24, 2.45) is 0 Å². The van der Waals surface area contributed by atoms with Crippen LogP contribution >= 0.6 is 35.6 Å². The fraction of sp³-hybridized carbons (Fsp3) is 0.238. The zero-order valence-corrected chi connectivity index (χ0v) is 18.1. The molecule has 1 N–H and O–H groups in total. The number of unbranched alkanes of at least 4 members (excludes halogenated alkanes) is 1. The summed E-state index contributed by atoms with van der Waals surface area (Å²) in [5.41, 5.74) is 2.63. The van der Waals surface area contributed by atoms with Crippen LogP contribution in [-0.4, -0.2) is 37.2 Å². The number of thiocarbonyl (C=S) groups is 1. The number of benzene rings is 1. The second-order valence-corrected chi connectivity index (χ2v) is 8.61. The first kappa shape index (κ1) is 21.5. The lowest BCUT2D eigenvalue weighted by Crippen LogP contribution is -2.43. The summed E-state index contributed by atoms with van der Waals surface area (Å²) >= 11 is 12.6. The largest absolute Gasteiger partial charge is 0.480 e. The summed E-state index contributed by atoms with van der Waals surface area (Å²) in [5, 5.41) is 10.1. The minimum Gasteiger partial charge on any atom is -0.480 e. The summed E-state index contributed by atoms with van der Waals surface area (Å²) in [5.74, 6) is -1.39. The van der Waals surface area contributed by atoms with Crippen molar-refractivity contribution in [3.63, 3.8) is 0 Å². The molecule has 1 amide bonds. The SMILES string of the molecule is CCCC[C@@H](C(=O)O)N1C(=O)/C(=C/c2ccc(-c3ccncc3Cl)cc2)SC1=S. The number of hydrogen-bond acceptors (Lipinski definition) is 5. The summed E-state index contributed by atoms with van der Waals surface area (Å²) in [7, 11) is 0. The van der Waals surface area contributed by atoms with Gasteiger partial charge in [-0.2, -0.15) is 0 Å². The summed E-state index contributed by atoms with van der Waals surface area (Å²) < 4.78 is 0.282. The predicted octanol–water partition coefficient (Wildman–Crippen LogP) is 5.25. The first-order valence-corrected chi connectivity index (χ1v) is 10.7. The number of hydrogen-bond donors (Lipinski definition) is 1. The van der Waals surface area contributed by atoms with Crippen LogP contribution in [0.3, 0.4) is 0 Å². The highest BCUT2D eigenvalue weighted by molar-refractivity contribution is 8.26. The van der Waals surface area contributed by atoms with Crippen LogP contribution < -0.4 is 0 Å². The van der Waals surface area contributed by atoms with Crippen molar-refractivity contribution >= 4 is 57.9 Å². The van der Waals surface area contributed by atoms with Crippen LogP contribution in [0.25, 0.3) is 17.2 Å². The van der Waals surface area contributed by atoms with E-state index in [4.69, 9.17) is 23.8 Å². The van der Waals surface area contributed by atoms with Gasteiger partial charge in [0.25, 0.3) is 5.91 Å². The number of nitrogens with zero attached hydrogens (tertiary/aromatic N) is 2. The molecule has 0 radical (unpaired) electrons. The van der Waals surface area contributed by atoms with Crippen LogP contribution in [0.2, 0.25) is 5.02 Å². The van der Waals surface area contributed by atoms with Gasteiger partial charge in [-0.15, -0.1) is 0 Å². The number of rotatable bonds is 7. The normalized spacial score (nSPS) is 16.5. The third kappa shape index (κ3) is 4.86. The summed E-state index contributed by atoms with van der Waals surface area (Å²) in [6, 6.07) is 8.49. The molecular weight excluding hydrogens is 428 g/mol. The van der Waals surface area contributed by atoms with E-state index in [9.17, 15) is 14.7 Å². The third-order valence-corrected chi connectivity index (χ3v) is 6.17. The van der Waals surface area contributed by atoms with E-state index in [1.165, 1.54) is 4.90 Å². The number of aliphatic carboxylic acids is 1. The number of pyridine rings is 1. The van der Waals surface area contributed by atoms with Crippen molar-refractivity contribution < 1.29 is 14.7 Å². The molecule has 2 aromatic rings. The molecule has 1 fully saturated rings. The van der Waals surface area contributed by atoms with Gasteiger partial charge in [-0.25, -0.2) is 4.79 Å². The molecule has 5 nitrogen and oxygen atoms in total. The maximum atomic E-state index is 12.8. The van der Waals surface area contributed by atoms with Gasteiger partial charge in [-0.3, -0.25) is 14.7 Å². The second-order valence-electron chi connectivity index (χ2n) is 6.53. The first-order valence-electron chi connectivity index (χ1n) is 9.12. The predicted molar refractivity (Wildman–Crippen MR) is 121 cm³/mol. The molecule has 1 aromatic carbocycles. The van der Waals surface area contributed by atoms with E-state index in [0.717, 1.165) is 34.9 Å². The maximum absolute atomic E-state index is 12.8. The standard InChI is InChI=1S/C21H19ClN2O3S2/c1-2-3-4-17(20(26)27)24-19(25)18(29-21(24)28)11-13-5-7-14(8-6-13)15-9-10-23-12-16(15)22/h5-12,17H,2-4H2,1H3,(H,26,27)/b18-11-/t17-/m0/s1. The van der Waals surface area contributed by atoms with Crippen molar-refractivity contribution in [1.82, 2.24) is 9.88 Å².